The van der Waals surface area contributed by atoms with E-state index in [0.29, 0.717) is 18.1 Å². The lowest BCUT2D eigenvalue weighted by atomic mass is 10.2. The topological polar surface area (TPSA) is 90.0 Å². The first-order valence-corrected chi connectivity index (χ1v) is 6.91. The van der Waals surface area contributed by atoms with Crippen molar-refractivity contribution in [2.45, 2.75) is 19.6 Å². The van der Waals surface area contributed by atoms with Gasteiger partial charge in [-0.25, -0.2) is 15.0 Å². The standard InChI is InChI=1S/C14H18N6O/c1-10-16-3-2-11(19-10)8-20-6-7-21-12(9-20)13-14(15)18-5-4-17-13/h2-5,12H,6-9H2,1H3,(H2,15,18)/t12-/m1/s1. The summed E-state index contributed by atoms with van der Waals surface area (Å²) >= 11 is 0. The summed E-state index contributed by atoms with van der Waals surface area (Å²) in [5, 5.41) is 0. The number of nitrogens with two attached hydrogens (primary N) is 1. The fourth-order valence-electron chi connectivity index (χ4n) is 2.44. The smallest absolute Gasteiger partial charge is 0.147 e. The molecule has 0 radical (unpaired) electrons. The zero-order valence-electron chi connectivity index (χ0n) is 11.9. The van der Waals surface area contributed by atoms with E-state index >= 15 is 0 Å². The van der Waals surface area contributed by atoms with Crippen molar-refractivity contribution in [2.75, 3.05) is 25.4 Å². The van der Waals surface area contributed by atoms with Gasteiger partial charge in [0.25, 0.3) is 0 Å². The highest BCUT2D eigenvalue weighted by Gasteiger charge is 2.25. The minimum atomic E-state index is -0.143. The molecule has 0 amide bonds. The number of anilines is 1. The van der Waals surface area contributed by atoms with Gasteiger partial charge in [0.1, 0.15) is 23.4 Å². The summed E-state index contributed by atoms with van der Waals surface area (Å²) in [6.07, 6.45) is 4.87. The van der Waals surface area contributed by atoms with Gasteiger partial charge in [0.2, 0.25) is 0 Å². The highest BCUT2D eigenvalue weighted by Crippen LogP contribution is 2.24. The molecule has 3 heterocycles. The average molecular weight is 286 g/mol. The van der Waals surface area contributed by atoms with Crippen molar-refractivity contribution in [2.24, 2.45) is 0 Å². The van der Waals surface area contributed by atoms with Gasteiger partial charge in [0.15, 0.2) is 0 Å². The lowest BCUT2D eigenvalue weighted by Gasteiger charge is -2.32. The van der Waals surface area contributed by atoms with Crippen molar-refractivity contribution in [1.29, 1.82) is 0 Å². The highest BCUT2D eigenvalue weighted by atomic mass is 16.5. The first-order chi connectivity index (χ1) is 10.2. The molecule has 0 spiro atoms. The van der Waals surface area contributed by atoms with Crippen LogP contribution in [0, 0.1) is 6.92 Å². The van der Waals surface area contributed by atoms with Crippen LogP contribution in [0.5, 0.6) is 0 Å². The maximum atomic E-state index is 5.88. The van der Waals surface area contributed by atoms with E-state index < -0.39 is 0 Å². The molecule has 0 aliphatic carbocycles. The van der Waals surface area contributed by atoms with Crippen LogP contribution >= 0.6 is 0 Å². The zero-order valence-corrected chi connectivity index (χ0v) is 11.9. The maximum Gasteiger partial charge on any atom is 0.147 e. The van der Waals surface area contributed by atoms with Gasteiger partial charge in [-0.3, -0.25) is 9.88 Å². The first-order valence-electron chi connectivity index (χ1n) is 6.91. The fourth-order valence-corrected chi connectivity index (χ4v) is 2.44. The number of nitrogens with zero attached hydrogens (tertiary/aromatic N) is 5. The number of rotatable bonds is 3. The van der Waals surface area contributed by atoms with E-state index in [1.807, 2.05) is 13.0 Å². The van der Waals surface area contributed by atoms with Crippen LogP contribution in [0.15, 0.2) is 24.7 Å². The van der Waals surface area contributed by atoms with E-state index in [9.17, 15) is 0 Å². The van der Waals surface area contributed by atoms with Crippen LogP contribution in [0.1, 0.15) is 23.3 Å². The molecule has 0 unspecified atom stereocenters. The summed E-state index contributed by atoms with van der Waals surface area (Å²) in [6.45, 7) is 4.89. The van der Waals surface area contributed by atoms with Crippen LogP contribution in [0.25, 0.3) is 0 Å². The Morgan fingerprint density at radius 3 is 2.95 bits per heavy atom. The van der Waals surface area contributed by atoms with Crippen molar-refractivity contribution in [3.05, 3.63) is 41.9 Å². The Bertz CT molecular complexity index is 620. The third kappa shape index (κ3) is 3.32. The molecule has 21 heavy (non-hydrogen) atoms. The number of aromatic nitrogens is 4. The lowest BCUT2D eigenvalue weighted by Crippen LogP contribution is -2.38. The van der Waals surface area contributed by atoms with Crippen molar-refractivity contribution in [3.63, 3.8) is 0 Å². The van der Waals surface area contributed by atoms with Gasteiger partial charge in [-0.1, -0.05) is 0 Å². The summed E-state index contributed by atoms with van der Waals surface area (Å²) in [5.41, 5.74) is 7.60. The number of nitrogen functional groups attached to an aromatic ring is 1. The Kier molecular flexibility index (Phi) is 4.03. The van der Waals surface area contributed by atoms with E-state index in [-0.39, 0.29) is 6.10 Å². The maximum absolute atomic E-state index is 5.88. The van der Waals surface area contributed by atoms with Crippen molar-refractivity contribution in [1.82, 2.24) is 24.8 Å². The van der Waals surface area contributed by atoms with E-state index in [4.69, 9.17) is 10.5 Å². The minimum Gasteiger partial charge on any atom is -0.382 e. The third-order valence-corrected chi connectivity index (χ3v) is 3.43. The van der Waals surface area contributed by atoms with Gasteiger partial charge in [-0.15, -0.1) is 0 Å². The molecule has 1 aliphatic rings. The van der Waals surface area contributed by atoms with Crippen LogP contribution in [0.3, 0.4) is 0 Å². The molecule has 0 bridgehead atoms. The quantitative estimate of drug-likeness (QED) is 0.889. The Hall–Kier alpha value is -2.12. The minimum absolute atomic E-state index is 0.143. The molecule has 1 atom stereocenters. The molecular formula is C14H18N6O. The molecule has 2 N–H and O–H groups in total. The molecule has 3 rings (SSSR count). The van der Waals surface area contributed by atoms with Crippen LogP contribution in [0.2, 0.25) is 0 Å². The van der Waals surface area contributed by atoms with Crippen molar-refractivity contribution < 1.29 is 4.74 Å². The number of morpholine rings is 1. The van der Waals surface area contributed by atoms with Crippen LogP contribution in [-0.4, -0.2) is 44.5 Å². The van der Waals surface area contributed by atoms with Gasteiger partial charge in [0, 0.05) is 38.2 Å². The van der Waals surface area contributed by atoms with E-state index in [0.717, 1.165) is 31.2 Å². The second-order valence-corrected chi connectivity index (χ2v) is 5.02. The van der Waals surface area contributed by atoms with E-state index in [2.05, 4.69) is 24.8 Å². The number of ether oxygens (including phenoxy) is 1. The van der Waals surface area contributed by atoms with Crippen LogP contribution in [-0.2, 0) is 11.3 Å². The fraction of sp³-hybridized carbons (Fsp3) is 0.429. The normalized spacial score (nSPS) is 19.6. The molecule has 1 aliphatic heterocycles. The predicted molar refractivity (Wildman–Crippen MR) is 77.2 cm³/mol. The monoisotopic (exact) mass is 286 g/mol. The molecule has 1 fully saturated rings. The molecule has 7 heteroatoms. The highest BCUT2D eigenvalue weighted by molar-refractivity contribution is 5.35. The molecule has 0 saturated carbocycles. The Morgan fingerprint density at radius 2 is 2.14 bits per heavy atom. The Morgan fingerprint density at radius 1 is 1.29 bits per heavy atom. The number of hydrogen-bond acceptors (Lipinski definition) is 7. The van der Waals surface area contributed by atoms with E-state index in [1.165, 1.54) is 0 Å². The molecule has 110 valence electrons. The van der Waals surface area contributed by atoms with Gasteiger partial charge in [0.05, 0.1) is 12.3 Å². The zero-order chi connectivity index (χ0) is 14.7. The summed E-state index contributed by atoms with van der Waals surface area (Å²) in [5.74, 6) is 1.22. The molecular weight excluding hydrogens is 268 g/mol. The Balaban J connectivity index is 1.70. The number of hydrogen-bond donors (Lipinski definition) is 1. The molecule has 0 aromatic carbocycles. The van der Waals surface area contributed by atoms with Gasteiger partial charge < -0.3 is 10.5 Å². The Labute approximate surface area is 123 Å². The second kappa shape index (κ2) is 6.11. The largest absolute Gasteiger partial charge is 0.382 e. The summed E-state index contributed by atoms with van der Waals surface area (Å²) in [7, 11) is 0. The third-order valence-electron chi connectivity index (χ3n) is 3.43. The van der Waals surface area contributed by atoms with Crippen LogP contribution < -0.4 is 5.73 Å². The van der Waals surface area contributed by atoms with Crippen molar-refractivity contribution >= 4 is 5.82 Å². The van der Waals surface area contributed by atoms with Crippen molar-refractivity contribution in [3.8, 4) is 0 Å². The predicted octanol–water partition coefficient (Wildman–Crippen LogP) is 0.731. The van der Waals surface area contributed by atoms with E-state index in [1.54, 1.807) is 18.6 Å². The first kappa shape index (κ1) is 13.8. The van der Waals surface area contributed by atoms with Gasteiger partial charge in [-0.05, 0) is 13.0 Å². The summed E-state index contributed by atoms with van der Waals surface area (Å²) < 4.78 is 5.78. The van der Waals surface area contributed by atoms with Gasteiger partial charge >= 0.3 is 0 Å². The molecule has 2 aromatic heterocycles. The van der Waals surface area contributed by atoms with Gasteiger partial charge in [-0.2, -0.15) is 0 Å². The summed E-state index contributed by atoms with van der Waals surface area (Å²) in [6, 6.07) is 1.94. The molecule has 7 nitrogen and oxygen atoms in total. The lowest BCUT2D eigenvalue weighted by molar-refractivity contribution is -0.0351. The SMILES string of the molecule is Cc1nccc(CN2CCO[C@@H](c3nccnc3N)C2)n1. The molecule has 1 saturated heterocycles. The average Bonchev–Trinajstić information content (AvgIpc) is 2.48. The number of aryl methyl sites for hydroxylation is 1. The second-order valence-electron chi connectivity index (χ2n) is 5.02. The van der Waals surface area contributed by atoms with Crippen LogP contribution in [0.4, 0.5) is 5.82 Å². The molecule has 2 aromatic rings. The summed E-state index contributed by atoms with van der Waals surface area (Å²) in [4.78, 5) is 19.2.